The third kappa shape index (κ3) is 5.61. The maximum atomic E-state index is 12.4. The van der Waals surface area contributed by atoms with Crippen LogP contribution in [0.5, 0.6) is 11.5 Å². The van der Waals surface area contributed by atoms with Crippen LogP contribution >= 0.6 is 0 Å². The zero-order valence-corrected chi connectivity index (χ0v) is 16.8. The van der Waals surface area contributed by atoms with Gasteiger partial charge in [0.05, 0.1) is 14.2 Å². The van der Waals surface area contributed by atoms with Crippen molar-refractivity contribution in [1.29, 1.82) is 0 Å². The summed E-state index contributed by atoms with van der Waals surface area (Å²) in [4.78, 5) is 38.3. The molecule has 2 amide bonds. The normalized spacial score (nSPS) is 18.9. The van der Waals surface area contributed by atoms with Crippen LogP contribution in [0.2, 0.25) is 0 Å². The van der Waals surface area contributed by atoms with Crippen molar-refractivity contribution >= 4 is 17.8 Å². The number of ether oxygens (including phenoxy) is 3. The number of carbonyl (C=O) groups excluding carboxylic acids is 3. The van der Waals surface area contributed by atoms with Crippen LogP contribution < -0.4 is 14.8 Å². The number of likely N-dealkylation sites (tertiary alicyclic amines) is 1. The van der Waals surface area contributed by atoms with Crippen molar-refractivity contribution in [3.05, 3.63) is 23.8 Å². The number of amides is 2. The molecule has 1 fully saturated rings. The molecule has 2 atom stereocenters. The first kappa shape index (κ1) is 21.5. The van der Waals surface area contributed by atoms with Crippen molar-refractivity contribution in [3.63, 3.8) is 0 Å². The van der Waals surface area contributed by atoms with E-state index in [1.54, 1.807) is 11.0 Å². The van der Waals surface area contributed by atoms with Crippen LogP contribution in [0.25, 0.3) is 0 Å². The molecule has 8 heteroatoms. The summed E-state index contributed by atoms with van der Waals surface area (Å²) in [5, 5.41) is 2.47. The summed E-state index contributed by atoms with van der Waals surface area (Å²) in [5.41, 5.74) is 0.288. The highest BCUT2D eigenvalue weighted by molar-refractivity contribution is 5.96. The average Bonchev–Trinajstić information content (AvgIpc) is 2.69. The van der Waals surface area contributed by atoms with E-state index in [2.05, 4.69) is 5.32 Å². The molecule has 1 aliphatic heterocycles. The van der Waals surface area contributed by atoms with Crippen LogP contribution in [0, 0.1) is 0 Å². The van der Waals surface area contributed by atoms with E-state index in [0.29, 0.717) is 11.5 Å². The largest absolute Gasteiger partial charge is 0.497 e. The number of esters is 1. The summed E-state index contributed by atoms with van der Waals surface area (Å²) in [6.45, 7) is 3.34. The number of carbonyl (C=O) groups is 3. The van der Waals surface area contributed by atoms with Gasteiger partial charge < -0.3 is 24.4 Å². The average molecular weight is 392 g/mol. The van der Waals surface area contributed by atoms with Gasteiger partial charge in [-0.05, 0) is 45.2 Å². The number of piperidine rings is 1. The van der Waals surface area contributed by atoms with E-state index in [0.717, 1.165) is 19.3 Å². The smallest absolute Gasteiger partial charge is 0.325 e. The van der Waals surface area contributed by atoms with Gasteiger partial charge in [-0.2, -0.15) is 0 Å². The van der Waals surface area contributed by atoms with Gasteiger partial charge in [0.2, 0.25) is 0 Å². The summed E-state index contributed by atoms with van der Waals surface area (Å²) >= 11 is 0. The van der Waals surface area contributed by atoms with Crippen LogP contribution in [0.4, 0.5) is 0 Å². The van der Waals surface area contributed by atoms with E-state index in [1.807, 2.05) is 13.8 Å². The number of nitrogens with zero attached hydrogens (tertiary/aromatic N) is 1. The zero-order valence-electron chi connectivity index (χ0n) is 16.8. The van der Waals surface area contributed by atoms with Crippen LogP contribution in [0.15, 0.2) is 18.2 Å². The Labute approximate surface area is 165 Å². The second-order valence-electron chi connectivity index (χ2n) is 6.87. The van der Waals surface area contributed by atoms with Gasteiger partial charge >= 0.3 is 5.97 Å². The monoisotopic (exact) mass is 392 g/mol. The van der Waals surface area contributed by atoms with E-state index in [4.69, 9.17) is 14.2 Å². The van der Waals surface area contributed by atoms with Crippen LogP contribution in [-0.4, -0.2) is 62.1 Å². The molecule has 154 valence electrons. The molecule has 1 N–H and O–H groups in total. The Balaban J connectivity index is 1.83. The van der Waals surface area contributed by atoms with Crippen LogP contribution in [-0.2, 0) is 14.3 Å². The number of nitrogens with one attached hydrogen (secondary N) is 1. The molecule has 1 heterocycles. The lowest BCUT2D eigenvalue weighted by Gasteiger charge is -2.38. The minimum atomic E-state index is -0.672. The molecule has 0 unspecified atom stereocenters. The fourth-order valence-electron chi connectivity index (χ4n) is 3.37. The molecule has 1 aromatic rings. The fourth-order valence-corrected chi connectivity index (χ4v) is 3.37. The third-order valence-electron chi connectivity index (χ3n) is 4.85. The Hall–Kier alpha value is -2.77. The van der Waals surface area contributed by atoms with Gasteiger partial charge in [0.25, 0.3) is 11.8 Å². The van der Waals surface area contributed by atoms with E-state index in [-0.39, 0.29) is 36.7 Å². The van der Waals surface area contributed by atoms with Crippen molar-refractivity contribution in [1.82, 2.24) is 10.2 Å². The summed E-state index contributed by atoms with van der Waals surface area (Å²) in [7, 11) is 2.96. The molecule has 1 aliphatic rings. The first-order valence-corrected chi connectivity index (χ1v) is 9.33. The molecule has 0 radical (unpaired) electrons. The molecular formula is C20H28N2O6. The Kier molecular flexibility index (Phi) is 7.66. The quantitative estimate of drug-likeness (QED) is 0.711. The van der Waals surface area contributed by atoms with E-state index in [1.165, 1.54) is 26.4 Å². The molecule has 0 aliphatic carbocycles. The van der Waals surface area contributed by atoms with E-state index < -0.39 is 11.9 Å². The van der Waals surface area contributed by atoms with Gasteiger partial charge in [0.1, 0.15) is 18.0 Å². The number of hydrogen-bond donors (Lipinski definition) is 1. The number of hydrogen-bond acceptors (Lipinski definition) is 6. The van der Waals surface area contributed by atoms with Crippen molar-refractivity contribution in [2.45, 2.75) is 45.2 Å². The van der Waals surface area contributed by atoms with E-state index >= 15 is 0 Å². The zero-order chi connectivity index (χ0) is 20.7. The van der Waals surface area contributed by atoms with Gasteiger partial charge in [0, 0.05) is 23.7 Å². The minimum Gasteiger partial charge on any atom is -0.497 e. The van der Waals surface area contributed by atoms with Crippen LogP contribution in [0.1, 0.15) is 43.5 Å². The lowest BCUT2D eigenvalue weighted by molar-refractivity contribution is -0.154. The molecule has 0 saturated carbocycles. The van der Waals surface area contributed by atoms with Gasteiger partial charge in [-0.15, -0.1) is 0 Å². The topological polar surface area (TPSA) is 94.2 Å². The van der Waals surface area contributed by atoms with Gasteiger partial charge in [-0.25, -0.2) is 0 Å². The maximum Gasteiger partial charge on any atom is 0.325 e. The highest BCUT2D eigenvalue weighted by atomic mass is 16.5. The lowest BCUT2D eigenvalue weighted by atomic mass is 9.97. The summed E-state index contributed by atoms with van der Waals surface area (Å²) in [6.07, 6.45) is 2.99. The molecular weight excluding hydrogens is 364 g/mol. The first-order valence-electron chi connectivity index (χ1n) is 9.33. The predicted molar refractivity (Wildman–Crippen MR) is 102 cm³/mol. The van der Waals surface area contributed by atoms with Gasteiger partial charge in [-0.1, -0.05) is 0 Å². The predicted octanol–water partition coefficient (Wildman–Crippen LogP) is 1.77. The number of rotatable bonds is 7. The Bertz CT molecular complexity index is 688. The van der Waals surface area contributed by atoms with E-state index in [9.17, 15) is 14.4 Å². The molecule has 8 nitrogen and oxygen atoms in total. The minimum absolute atomic E-state index is 0.137. The lowest BCUT2D eigenvalue weighted by Crippen LogP contribution is -2.49. The summed E-state index contributed by atoms with van der Waals surface area (Å²) in [6, 6.07) is 4.98. The standard InChI is InChI=1S/C20H28N2O6/c1-13-6-5-7-14(2)22(13)18(23)12-28-19(24)11-21-20(25)15-8-16(26-3)10-17(9-15)27-4/h8-10,13-14H,5-7,11-12H2,1-4H3,(H,21,25)/t13-,14-/m1/s1. The molecule has 0 bridgehead atoms. The molecule has 1 aromatic carbocycles. The SMILES string of the molecule is COc1cc(OC)cc(C(=O)NCC(=O)OCC(=O)N2[C@H](C)CCC[C@H]2C)c1. The third-order valence-corrected chi connectivity index (χ3v) is 4.85. The highest BCUT2D eigenvalue weighted by Crippen LogP contribution is 2.23. The van der Waals surface area contributed by atoms with Crippen LogP contribution in [0.3, 0.4) is 0 Å². The molecule has 1 saturated heterocycles. The number of benzene rings is 1. The summed E-state index contributed by atoms with van der Waals surface area (Å²) < 4.78 is 15.3. The summed E-state index contributed by atoms with van der Waals surface area (Å²) in [5.74, 6) is -0.436. The van der Waals surface area contributed by atoms with Crippen molar-refractivity contribution in [2.75, 3.05) is 27.4 Å². The molecule has 28 heavy (non-hydrogen) atoms. The van der Waals surface area contributed by atoms with Gasteiger partial charge in [0.15, 0.2) is 6.61 Å². The highest BCUT2D eigenvalue weighted by Gasteiger charge is 2.29. The number of methoxy groups -OCH3 is 2. The fraction of sp³-hybridized carbons (Fsp3) is 0.550. The van der Waals surface area contributed by atoms with Crippen molar-refractivity contribution in [3.8, 4) is 11.5 Å². The van der Waals surface area contributed by atoms with Gasteiger partial charge in [-0.3, -0.25) is 14.4 Å². The Morgan fingerprint density at radius 1 is 1.04 bits per heavy atom. The second kappa shape index (κ2) is 9.96. The van der Waals surface area contributed by atoms with Crippen molar-refractivity contribution < 1.29 is 28.6 Å². The maximum absolute atomic E-state index is 12.4. The molecule has 0 aromatic heterocycles. The second-order valence-corrected chi connectivity index (χ2v) is 6.87. The van der Waals surface area contributed by atoms with Crippen molar-refractivity contribution in [2.24, 2.45) is 0 Å². The molecule has 0 spiro atoms. The Morgan fingerprint density at radius 2 is 1.61 bits per heavy atom. The Morgan fingerprint density at radius 3 is 2.14 bits per heavy atom. The first-order chi connectivity index (χ1) is 13.3. The molecule has 2 rings (SSSR count).